The number of nitro groups is 1. The molecule has 2 N–H and O–H groups in total. The molecule has 0 heterocycles. The van der Waals surface area contributed by atoms with Crippen LogP contribution in [0.25, 0.3) is 0 Å². The van der Waals surface area contributed by atoms with E-state index < -0.39 is 22.2 Å². The Hall–Kier alpha value is -1.56. The van der Waals surface area contributed by atoms with Crippen LogP contribution in [-0.4, -0.2) is 11.0 Å². The molecule has 0 spiro atoms. The minimum absolute atomic E-state index is 0.0526. The second-order valence-corrected chi connectivity index (χ2v) is 3.63. The Balaban J connectivity index is 3.06. The van der Waals surface area contributed by atoms with Gasteiger partial charge in [-0.2, -0.15) is 4.39 Å². The molecule has 88 valence electrons. The van der Waals surface area contributed by atoms with Crippen molar-refractivity contribution in [2.75, 3.05) is 0 Å². The first-order chi connectivity index (χ1) is 7.43. The molecular formula is C10H12F2N2O2. The summed E-state index contributed by atoms with van der Waals surface area (Å²) in [5.74, 6) is -1.88. The fourth-order valence-corrected chi connectivity index (χ4v) is 1.33. The largest absolute Gasteiger partial charge is 0.328 e. The van der Waals surface area contributed by atoms with Crippen LogP contribution in [0.1, 0.15) is 18.9 Å². The standard InChI is InChI=1S/C10H12F2N2O2/c1-6(13)2-3-7-8(11)4-5-9(10(7)12)14(15)16/h4-6H,2-3,13H2,1H3/t6-/m0/s1. The summed E-state index contributed by atoms with van der Waals surface area (Å²) in [6.07, 6.45) is 0.423. The zero-order valence-corrected chi connectivity index (χ0v) is 8.74. The van der Waals surface area contributed by atoms with E-state index in [1.54, 1.807) is 6.92 Å². The van der Waals surface area contributed by atoms with Gasteiger partial charge < -0.3 is 5.73 Å². The van der Waals surface area contributed by atoms with Gasteiger partial charge in [0.25, 0.3) is 0 Å². The zero-order chi connectivity index (χ0) is 12.3. The summed E-state index contributed by atoms with van der Waals surface area (Å²) in [6, 6.07) is 1.51. The molecule has 0 amide bonds. The normalized spacial score (nSPS) is 12.5. The molecular weight excluding hydrogens is 218 g/mol. The van der Waals surface area contributed by atoms with Gasteiger partial charge in [0.2, 0.25) is 5.82 Å². The quantitative estimate of drug-likeness (QED) is 0.636. The van der Waals surface area contributed by atoms with Crippen molar-refractivity contribution in [3.05, 3.63) is 39.4 Å². The predicted octanol–water partition coefficient (Wildman–Crippen LogP) is 2.15. The third kappa shape index (κ3) is 2.73. The lowest BCUT2D eigenvalue weighted by atomic mass is 10.0. The molecule has 1 rings (SSSR count). The van der Waals surface area contributed by atoms with Crippen molar-refractivity contribution in [3.63, 3.8) is 0 Å². The van der Waals surface area contributed by atoms with Crippen molar-refractivity contribution in [2.45, 2.75) is 25.8 Å². The summed E-state index contributed by atoms with van der Waals surface area (Å²) in [7, 11) is 0. The van der Waals surface area contributed by atoms with E-state index in [4.69, 9.17) is 5.73 Å². The average molecular weight is 230 g/mol. The average Bonchev–Trinajstić information content (AvgIpc) is 2.16. The van der Waals surface area contributed by atoms with Gasteiger partial charge in [-0.15, -0.1) is 0 Å². The third-order valence-electron chi connectivity index (χ3n) is 2.21. The Morgan fingerprint density at radius 3 is 2.62 bits per heavy atom. The fourth-order valence-electron chi connectivity index (χ4n) is 1.33. The Morgan fingerprint density at radius 2 is 2.12 bits per heavy atom. The Labute approximate surface area is 91.2 Å². The van der Waals surface area contributed by atoms with Crippen LogP contribution in [0.3, 0.4) is 0 Å². The minimum atomic E-state index is -1.11. The maximum Gasteiger partial charge on any atom is 0.305 e. The van der Waals surface area contributed by atoms with E-state index in [1.165, 1.54) is 0 Å². The van der Waals surface area contributed by atoms with Crippen LogP contribution < -0.4 is 5.73 Å². The van der Waals surface area contributed by atoms with E-state index in [0.717, 1.165) is 12.1 Å². The summed E-state index contributed by atoms with van der Waals surface area (Å²) in [5, 5.41) is 10.4. The Morgan fingerprint density at radius 1 is 1.50 bits per heavy atom. The molecule has 0 aromatic heterocycles. The van der Waals surface area contributed by atoms with Crippen molar-refractivity contribution in [2.24, 2.45) is 5.73 Å². The topological polar surface area (TPSA) is 69.2 Å². The lowest BCUT2D eigenvalue weighted by Crippen LogP contribution is -2.16. The van der Waals surface area contributed by atoms with Crippen LogP contribution in [-0.2, 0) is 6.42 Å². The summed E-state index contributed by atoms with van der Waals surface area (Å²) < 4.78 is 26.8. The van der Waals surface area contributed by atoms with Crippen LogP contribution in [0.4, 0.5) is 14.5 Å². The van der Waals surface area contributed by atoms with E-state index in [9.17, 15) is 18.9 Å². The highest BCUT2D eigenvalue weighted by Gasteiger charge is 2.20. The summed E-state index contributed by atoms with van der Waals surface area (Å²) >= 11 is 0. The van der Waals surface area contributed by atoms with E-state index in [0.29, 0.717) is 6.42 Å². The number of nitrogens with two attached hydrogens (primary N) is 1. The first-order valence-corrected chi connectivity index (χ1v) is 4.80. The third-order valence-corrected chi connectivity index (χ3v) is 2.21. The Kier molecular flexibility index (Phi) is 3.89. The lowest BCUT2D eigenvalue weighted by molar-refractivity contribution is -0.387. The summed E-state index contributed by atoms with van der Waals surface area (Å²) in [4.78, 5) is 9.57. The molecule has 6 heteroatoms. The summed E-state index contributed by atoms with van der Waals surface area (Å²) in [6.45, 7) is 1.70. The molecule has 0 aliphatic heterocycles. The van der Waals surface area contributed by atoms with Crippen molar-refractivity contribution in [1.29, 1.82) is 0 Å². The SMILES string of the molecule is C[C@H](N)CCc1c(F)ccc([N+](=O)[O-])c1F. The number of nitro benzene ring substituents is 1. The molecule has 0 unspecified atom stereocenters. The van der Waals surface area contributed by atoms with E-state index in [2.05, 4.69) is 0 Å². The van der Waals surface area contributed by atoms with Crippen molar-refractivity contribution >= 4 is 5.69 Å². The van der Waals surface area contributed by atoms with Gasteiger partial charge in [-0.25, -0.2) is 4.39 Å². The van der Waals surface area contributed by atoms with Gasteiger partial charge in [-0.1, -0.05) is 0 Å². The number of benzene rings is 1. The molecule has 1 aromatic rings. The van der Waals surface area contributed by atoms with Gasteiger partial charge in [0.1, 0.15) is 5.82 Å². The molecule has 1 aromatic carbocycles. The smallest absolute Gasteiger partial charge is 0.305 e. The molecule has 0 fully saturated rings. The van der Waals surface area contributed by atoms with Crippen molar-refractivity contribution < 1.29 is 13.7 Å². The van der Waals surface area contributed by atoms with E-state index in [-0.39, 0.29) is 18.0 Å². The molecule has 0 radical (unpaired) electrons. The van der Waals surface area contributed by atoms with Gasteiger partial charge >= 0.3 is 5.69 Å². The second kappa shape index (κ2) is 4.98. The predicted molar refractivity (Wildman–Crippen MR) is 55.0 cm³/mol. The number of rotatable bonds is 4. The highest BCUT2D eigenvalue weighted by atomic mass is 19.1. The van der Waals surface area contributed by atoms with E-state index in [1.807, 2.05) is 0 Å². The number of hydrogen-bond acceptors (Lipinski definition) is 3. The van der Waals surface area contributed by atoms with Gasteiger partial charge in [-0.05, 0) is 25.8 Å². The zero-order valence-electron chi connectivity index (χ0n) is 8.74. The first-order valence-electron chi connectivity index (χ1n) is 4.80. The van der Waals surface area contributed by atoms with Crippen molar-refractivity contribution in [1.82, 2.24) is 0 Å². The van der Waals surface area contributed by atoms with Crippen LogP contribution in [0.2, 0.25) is 0 Å². The molecule has 0 saturated heterocycles. The molecule has 4 nitrogen and oxygen atoms in total. The maximum absolute atomic E-state index is 13.5. The Bertz CT molecular complexity index is 408. The van der Waals surface area contributed by atoms with Gasteiger partial charge in [0.05, 0.1) is 4.92 Å². The molecule has 0 bridgehead atoms. The molecule has 16 heavy (non-hydrogen) atoms. The van der Waals surface area contributed by atoms with Gasteiger partial charge in [0.15, 0.2) is 0 Å². The van der Waals surface area contributed by atoms with Gasteiger partial charge in [0, 0.05) is 17.7 Å². The van der Waals surface area contributed by atoms with Gasteiger partial charge in [-0.3, -0.25) is 10.1 Å². The maximum atomic E-state index is 13.5. The monoisotopic (exact) mass is 230 g/mol. The van der Waals surface area contributed by atoms with Crippen LogP contribution >= 0.6 is 0 Å². The fraction of sp³-hybridized carbons (Fsp3) is 0.400. The number of halogens is 2. The summed E-state index contributed by atoms with van der Waals surface area (Å²) in [5.41, 5.74) is 4.48. The van der Waals surface area contributed by atoms with Crippen LogP contribution in [0.5, 0.6) is 0 Å². The second-order valence-electron chi connectivity index (χ2n) is 3.63. The number of hydrogen-bond donors (Lipinski definition) is 1. The number of nitrogens with zero attached hydrogens (tertiary/aromatic N) is 1. The lowest BCUT2D eigenvalue weighted by Gasteiger charge is -2.07. The minimum Gasteiger partial charge on any atom is -0.328 e. The molecule has 0 saturated carbocycles. The van der Waals surface area contributed by atoms with Crippen LogP contribution in [0.15, 0.2) is 12.1 Å². The first kappa shape index (κ1) is 12.5. The molecule has 0 aliphatic carbocycles. The molecule has 0 aliphatic rings. The highest BCUT2D eigenvalue weighted by molar-refractivity contribution is 5.37. The molecule has 1 atom stereocenters. The van der Waals surface area contributed by atoms with E-state index >= 15 is 0 Å². The van der Waals surface area contributed by atoms with Crippen molar-refractivity contribution in [3.8, 4) is 0 Å². The highest BCUT2D eigenvalue weighted by Crippen LogP contribution is 2.24. The van der Waals surface area contributed by atoms with Crippen LogP contribution in [0, 0.1) is 21.7 Å².